The maximum atomic E-state index is 12.1. The van der Waals surface area contributed by atoms with E-state index in [1.54, 1.807) is 6.92 Å². The summed E-state index contributed by atoms with van der Waals surface area (Å²) in [7, 11) is 4.59. The molecule has 0 unspecified atom stereocenters. The third-order valence-corrected chi connectivity index (χ3v) is 3.03. The Balaban J connectivity index is 2.81. The number of carbonyl (C=O) groups is 2. The third-order valence-electron chi connectivity index (χ3n) is 3.03. The Hall–Kier alpha value is -2.05. The van der Waals surface area contributed by atoms with Crippen LogP contribution in [0.25, 0.3) is 0 Å². The minimum atomic E-state index is -0.640. The van der Waals surface area contributed by atoms with Crippen molar-refractivity contribution in [3.05, 3.63) is 16.2 Å². The molecule has 0 aromatic carbocycles. The van der Waals surface area contributed by atoms with E-state index in [1.807, 2.05) is 0 Å². The van der Waals surface area contributed by atoms with Crippen molar-refractivity contribution in [1.29, 1.82) is 0 Å². The first-order valence-electron chi connectivity index (χ1n) is 5.20. The summed E-state index contributed by atoms with van der Waals surface area (Å²) in [5.41, 5.74) is -0.0667. The van der Waals surface area contributed by atoms with Crippen LogP contribution in [-0.4, -0.2) is 34.0 Å². The van der Waals surface area contributed by atoms with E-state index in [2.05, 4.69) is 5.32 Å². The van der Waals surface area contributed by atoms with Crippen LogP contribution in [0, 0.1) is 0 Å². The third kappa shape index (κ3) is 1.38. The lowest BCUT2D eigenvalue weighted by Gasteiger charge is -2.15. The first-order valence-corrected chi connectivity index (χ1v) is 5.20. The number of nitrogens with one attached hydrogen (secondary N) is 1. The van der Waals surface area contributed by atoms with Crippen LogP contribution in [0.1, 0.15) is 17.4 Å². The van der Waals surface area contributed by atoms with E-state index in [4.69, 9.17) is 0 Å². The summed E-state index contributed by atoms with van der Waals surface area (Å²) >= 11 is 0. The predicted octanol–water partition coefficient (Wildman–Crippen LogP) is -0.546. The minimum absolute atomic E-state index is 0.255. The number of hydrogen-bond donors (Lipinski definition) is 1. The van der Waals surface area contributed by atoms with Gasteiger partial charge in [0.05, 0.1) is 6.04 Å². The number of anilines is 1. The average Bonchev–Trinajstić information content (AvgIpc) is 2.46. The molecule has 1 N–H and O–H groups in total. The summed E-state index contributed by atoms with van der Waals surface area (Å²) in [6.45, 7) is 1.60. The van der Waals surface area contributed by atoms with Crippen LogP contribution < -0.4 is 15.9 Å². The number of rotatable bonds is 0. The number of imidazole rings is 1. The van der Waals surface area contributed by atoms with Gasteiger partial charge in [-0.3, -0.25) is 18.8 Å². The Morgan fingerprint density at radius 3 is 2.24 bits per heavy atom. The maximum absolute atomic E-state index is 12.1. The number of ketones is 1. The number of aromatic nitrogens is 2. The van der Waals surface area contributed by atoms with Crippen molar-refractivity contribution in [2.24, 2.45) is 14.1 Å². The van der Waals surface area contributed by atoms with E-state index in [0.717, 1.165) is 0 Å². The topological polar surface area (TPSA) is 76.3 Å². The van der Waals surface area contributed by atoms with Crippen LogP contribution in [0.2, 0.25) is 0 Å². The number of carbonyl (C=O) groups excluding carboxylic acids is 2. The molecule has 1 aliphatic rings. The summed E-state index contributed by atoms with van der Waals surface area (Å²) < 4.78 is 2.57. The summed E-state index contributed by atoms with van der Waals surface area (Å²) in [5.74, 6) is 0.0576. The van der Waals surface area contributed by atoms with Crippen LogP contribution in [0.5, 0.6) is 0 Å². The molecule has 0 saturated heterocycles. The van der Waals surface area contributed by atoms with Gasteiger partial charge in [0, 0.05) is 21.1 Å². The molecule has 0 aliphatic carbocycles. The van der Waals surface area contributed by atoms with Gasteiger partial charge in [0.1, 0.15) is 11.5 Å². The second-order valence-corrected chi connectivity index (χ2v) is 4.17. The predicted molar refractivity (Wildman–Crippen MR) is 61.4 cm³/mol. The Bertz CT molecular complexity index is 569. The molecule has 2 heterocycles. The zero-order valence-corrected chi connectivity index (χ0v) is 10.1. The van der Waals surface area contributed by atoms with Gasteiger partial charge in [0.25, 0.3) is 0 Å². The molecule has 92 valence electrons. The molecule has 1 atom stereocenters. The molecule has 7 heteroatoms. The monoisotopic (exact) mass is 238 g/mol. The zero-order valence-electron chi connectivity index (χ0n) is 10.1. The first-order chi connectivity index (χ1) is 7.86. The van der Waals surface area contributed by atoms with E-state index in [9.17, 15) is 14.4 Å². The molecule has 0 fully saturated rings. The average molecular weight is 238 g/mol. The maximum Gasteiger partial charge on any atom is 0.329 e. The Labute approximate surface area is 97.6 Å². The van der Waals surface area contributed by atoms with Crippen molar-refractivity contribution in [3.63, 3.8) is 0 Å². The molecule has 0 radical (unpaired) electrons. The van der Waals surface area contributed by atoms with E-state index >= 15 is 0 Å². The number of amides is 2. The lowest BCUT2D eigenvalue weighted by atomic mass is 10.1. The fourth-order valence-corrected chi connectivity index (χ4v) is 2.03. The Morgan fingerprint density at radius 2 is 1.65 bits per heavy atom. The van der Waals surface area contributed by atoms with Crippen molar-refractivity contribution in [1.82, 2.24) is 14.5 Å². The zero-order chi connectivity index (χ0) is 12.9. The molecule has 2 rings (SSSR count). The number of urea groups is 1. The highest BCUT2D eigenvalue weighted by molar-refractivity contribution is 6.10. The van der Waals surface area contributed by atoms with Gasteiger partial charge in [-0.15, -0.1) is 0 Å². The second kappa shape index (κ2) is 3.47. The van der Waals surface area contributed by atoms with E-state index < -0.39 is 12.1 Å². The van der Waals surface area contributed by atoms with Crippen molar-refractivity contribution in [3.8, 4) is 0 Å². The van der Waals surface area contributed by atoms with Gasteiger partial charge in [-0.2, -0.15) is 0 Å². The van der Waals surface area contributed by atoms with E-state index in [1.165, 1.54) is 35.2 Å². The molecule has 0 spiro atoms. The highest BCUT2D eigenvalue weighted by Gasteiger charge is 2.34. The lowest BCUT2D eigenvalue weighted by molar-refractivity contribution is 0.0949. The van der Waals surface area contributed by atoms with Crippen molar-refractivity contribution in [2.75, 3.05) is 11.9 Å². The summed E-state index contributed by atoms with van der Waals surface area (Å²) in [6.07, 6.45) is 0. The van der Waals surface area contributed by atoms with Crippen molar-refractivity contribution < 1.29 is 9.59 Å². The number of Topliss-reactive ketones (excluding diaryl/α,β-unsaturated/α-hetero) is 1. The molecule has 0 saturated carbocycles. The summed E-state index contributed by atoms with van der Waals surface area (Å²) in [5, 5.41) is 2.56. The van der Waals surface area contributed by atoms with Crippen LogP contribution in [0.3, 0.4) is 0 Å². The smallest absolute Gasteiger partial charge is 0.328 e. The Morgan fingerprint density at radius 1 is 1.06 bits per heavy atom. The van der Waals surface area contributed by atoms with Crippen molar-refractivity contribution in [2.45, 2.75) is 13.0 Å². The van der Waals surface area contributed by atoms with Gasteiger partial charge in [-0.05, 0) is 6.92 Å². The van der Waals surface area contributed by atoms with Crippen molar-refractivity contribution >= 4 is 17.6 Å². The van der Waals surface area contributed by atoms with Crippen LogP contribution in [0.15, 0.2) is 4.79 Å². The van der Waals surface area contributed by atoms with Gasteiger partial charge in [0.15, 0.2) is 0 Å². The van der Waals surface area contributed by atoms with Gasteiger partial charge in [-0.1, -0.05) is 0 Å². The molecule has 17 heavy (non-hydrogen) atoms. The normalized spacial score (nSPS) is 20.0. The van der Waals surface area contributed by atoms with Crippen LogP contribution in [0.4, 0.5) is 10.6 Å². The fourth-order valence-electron chi connectivity index (χ4n) is 2.03. The van der Waals surface area contributed by atoms with Gasteiger partial charge < -0.3 is 5.32 Å². The standard InChI is InChI=1S/C10H14N4O3/c1-5-7(15)6-8(13(3)9(16)11-5)14(4)10(17)12(6)2/h5H,1-4H3,(H,11,16)/t5-/m1/s1. The molecule has 0 bridgehead atoms. The quantitative estimate of drug-likeness (QED) is 0.659. The highest BCUT2D eigenvalue weighted by atomic mass is 16.2. The molecule has 2 amide bonds. The minimum Gasteiger partial charge on any atom is -0.328 e. The first kappa shape index (κ1) is 11.4. The summed E-state index contributed by atoms with van der Waals surface area (Å²) in [4.78, 5) is 36.9. The molecule has 7 nitrogen and oxygen atoms in total. The highest BCUT2D eigenvalue weighted by Crippen LogP contribution is 2.21. The summed E-state index contributed by atoms with van der Waals surface area (Å²) in [6, 6.07) is -1.04. The second-order valence-electron chi connectivity index (χ2n) is 4.17. The van der Waals surface area contributed by atoms with E-state index in [-0.39, 0.29) is 17.2 Å². The SMILES string of the molecule is C[C@H]1NC(=O)N(C)c2c(n(C)c(=O)n2C)C1=O. The van der Waals surface area contributed by atoms with Gasteiger partial charge >= 0.3 is 11.7 Å². The largest absolute Gasteiger partial charge is 0.329 e. The van der Waals surface area contributed by atoms with E-state index in [0.29, 0.717) is 5.82 Å². The molecular formula is C10H14N4O3. The molecule has 1 aromatic rings. The lowest BCUT2D eigenvalue weighted by Crippen LogP contribution is -2.43. The van der Waals surface area contributed by atoms with Gasteiger partial charge in [-0.25, -0.2) is 9.59 Å². The number of nitrogens with zero attached hydrogens (tertiary/aromatic N) is 3. The Kier molecular flexibility index (Phi) is 2.34. The number of fused-ring (bicyclic) bond motifs is 1. The molecule has 1 aromatic heterocycles. The number of hydrogen-bond acceptors (Lipinski definition) is 3. The van der Waals surface area contributed by atoms with Crippen LogP contribution in [-0.2, 0) is 14.1 Å². The molecule has 1 aliphatic heterocycles. The molecular weight excluding hydrogens is 224 g/mol. The van der Waals surface area contributed by atoms with Crippen LogP contribution >= 0.6 is 0 Å². The van der Waals surface area contributed by atoms with Gasteiger partial charge in [0.2, 0.25) is 5.78 Å². The fraction of sp³-hybridized carbons (Fsp3) is 0.500.